The van der Waals surface area contributed by atoms with Crippen molar-refractivity contribution >= 4 is 28.8 Å². The lowest BCUT2D eigenvalue weighted by Crippen LogP contribution is -2.35. The molecule has 4 atom stereocenters. The fourth-order valence-electron chi connectivity index (χ4n) is 4.72. The van der Waals surface area contributed by atoms with Crippen LogP contribution in [0, 0.1) is 0 Å². The summed E-state index contributed by atoms with van der Waals surface area (Å²) in [6, 6.07) is 6.87. The van der Waals surface area contributed by atoms with Crippen LogP contribution in [0.15, 0.2) is 36.9 Å². The van der Waals surface area contributed by atoms with Gasteiger partial charge in [0, 0.05) is 13.2 Å². The third-order valence-corrected chi connectivity index (χ3v) is 6.62. The molecule has 4 N–H and O–H groups in total. The van der Waals surface area contributed by atoms with Crippen LogP contribution >= 0.6 is 0 Å². The van der Waals surface area contributed by atoms with Crippen LogP contribution in [0.2, 0.25) is 0 Å². The molecule has 0 spiro atoms. The Kier molecular flexibility index (Phi) is 6.92. The Labute approximate surface area is 206 Å². The fourth-order valence-corrected chi connectivity index (χ4v) is 4.72. The van der Waals surface area contributed by atoms with Gasteiger partial charge in [-0.3, -0.25) is 19.1 Å². The first kappa shape index (κ1) is 24.3. The van der Waals surface area contributed by atoms with Gasteiger partial charge in [-0.15, -0.1) is 0 Å². The molecule has 1 saturated heterocycles. The molecule has 0 saturated carbocycles. The maximum Gasteiger partial charge on any atom is 0.261 e. The summed E-state index contributed by atoms with van der Waals surface area (Å²) in [5.74, 6) is -0.245. The molecule has 0 radical (unpaired) electrons. The zero-order chi connectivity index (χ0) is 25.2. The number of nitrogens with zero attached hydrogens (tertiary/aromatic N) is 5. The highest BCUT2D eigenvalue weighted by Gasteiger charge is 2.45. The van der Waals surface area contributed by atoms with Crippen molar-refractivity contribution in [3.63, 3.8) is 0 Å². The van der Waals surface area contributed by atoms with Gasteiger partial charge in [-0.1, -0.05) is 25.0 Å². The molecule has 5 rings (SSSR count). The second kappa shape index (κ2) is 10.3. The highest BCUT2D eigenvalue weighted by atomic mass is 16.6. The molecule has 2 aromatic heterocycles. The molecule has 2 amide bonds. The van der Waals surface area contributed by atoms with Gasteiger partial charge in [0.15, 0.2) is 17.7 Å². The van der Waals surface area contributed by atoms with E-state index in [4.69, 9.17) is 15.2 Å². The van der Waals surface area contributed by atoms with Crippen molar-refractivity contribution in [1.29, 1.82) is 0 Å². The van der Waals surface area contributed by atoms with Gasteiger partial charge in [0.05, 0.1) is 24.1 Å². The summed E-state index contributed by atoms with van der Waals surface area (Å²) in [5.41, 5.74) is 7.66. The number of carbonyl (C=O) groups excluding carboxylic acids is 2. The van der Waals surface area contributed by atoms with E-state index in [9.17, 15) is 19.8 Å². The van der Waals surface area contributed by atoms with Gasteiger partial charge in [0.2, 0.25) is 0 Å². The van der Waals surface area contributed by atoms with Crippen molar-refractivity contribution in [1.82, 2.24) is 24.4 Å². The van der Waals surface area contributed by atoms with Crippen LogP contribution in [0.25, 0.3) is 11.2 Å². The van der Waals surface area contributed by atoms with E-state index in [0.29, 0.717) is 48.3 Å². The van der Waals surface area contributed by atoms with Gasteiger partial charge in [-0.25, -0.2) is 15.0 Å². The molecule has 3 aromatic rings. The number of rotatable bonds is 10. The number of aliphatic hydroxyl groups is 2. The van der Waals surface area contributed by atoms with Crippen molar-refractivity contribution in [3.05, 3.63) is 48.0 Å². The van der Waals surface area contributed by atoms with Crippen molar-refractivity contribution in [3.8, 4) is 0 Å². The highest BCUT2D eigenvalue weighted by Crippen LogP contribution is 2.34. The smallest absolute Gasteiger partial charge is 0.261 e. The largest absolute Gasteiger partial charge is 0.394 e. The number of ether oxygens (including phenoxy) is 2. The first-order chi connectivity index (χ1) is 17.5. The van der Waals surface area contributed by atoms with Crippen LogP contribution < -0.4 is 5.73 Å². The number of hydrogen-bond acceptors (Lipinski definition) is 10. The monoisotopic (exact) mass is 496 g/mol. The standard InChI is InChI=1S/C24H28N6O6/c25-20-17-21(27-12-26-20)30(13-28-17)24-19(18(32)16(11-31)36-24)35-10-6-2-1-5-9-29-22(33)14-7-3-4-8-15(14)23(29)34/h3-4,7-8,12-13,16,18-19,24,31-32H,1-2,5-6,9-11H2,(H2,25,26,27)/t16-,18?,19+,24-/m1/s1. The molecule has 36 heavy (non-hydrogen) atoms. The summed E-state index contributed by atoms with van der Waals surface area (Å²) >= 11 is 0. The molecule has 2 aliphatic heterocycles. The summed E-state index contributed by atoms with van der Waals surface area (Å²) in [7, 11) is 0. The van der Waals surface area contributed by atoms with Crippen LogP contribution in [-0.4, -0.2) is 84.5 Å². The SMILES string of the molecule is Nc1ncnc2c1ncn2[C@@H]1O[C@H](CO)C(O)[C@@H]1OCCCCCCN1C(=O)c2ccccc2C1=O. The van der Waals surface area contributed by atoms with Crippen LogP contribution in [0.3, 0.4) is 0 Å². The number of unbranched alkanes of at least 4 members (excludes halogenated alkanes) is 3. The van der Waals surface area contributed by atoms with Crippen molar-refractivity contribution < 1.29 is 29.3 Å². The van der Waals surface area contributed by atoms with Gasteiger partial charge in [0.25, 0.3) is 11.8 Å². The summed E-state index contributed by atoms with van der Waals surface area (Å²) < 4.78 is 13.5. The first-order valence-corrected chi connectivity index (χ1v) is 12.0. The molecule has 190 valence electrons. The molecule has 1 fully saturated rings. The van der Waals surface area contributed by atoms with Crippen molar-refractivity contribution in [2.75, 3.05) is 25.5 Å². The maximum absolute atomic E-state index is 12.4. The Morgan fingerprint density at radius 3 is 2.47 bits per heavy atom. The number of nitrogens with two attached hydrogens (primary N) is 1. The Bertz CT molecular complexity index is 1230. The van der Waals surface area contributed by atoms with Gasteiger partial charge in [-0.05, 0) is 25.0 Å². The van der Waals surface area contributed by atoms with Crippen LogP contribution in [0.5, 0.6) is 0 Å². The van der Waals surface area contributed by atoms with Crippen LogP contribution in [0.1, 0.15) is 52.6 Å². The predicted octanol–water partition coefficient (Wildman–Crippen LogP) is 0.901. The molecular formula is C24H28N6O6. The van der Waals surface area contributed by atoms with Gasteiger partial charge < -0.3 is 25.4 Å². The minimum Gasteiger partial charge on any atom is -0.394 e. The molecule has 0 bridgehead atoms. The maximum atomic E-state index is 12.4. The number of benzene rings is 1. The normalized spacial score (nSPS) is 23.7. The zero-order valence-electron chi connectivity index (χ0n) is 19.6. The van der Waals surface area contributed by atoms with Gasteiger partial charge >= 0.3 is 0 Å². The Hall–Kier alpha value is -3.45. The van der Waals surface area contributed by atoms with Crippen molar-refractivity contribution in [2.45, 2.75) is 50.2 Å². The lowest BCUT2D eigenvalue weighted by Gasteiger charge is -2.22. The average molecular weight is 497 g/mol. The number of imide groups is 1. The summed E-state index contributed by atoms with van der Waals surface area (Å²) in [5, 5.41) is 20.3. The zero-order valence-corrected chi connectivity index (χ0v) is 19.6. The van der Waals surface area contributed by atoms with Gasteiger partial charge in [-0.2, -0.15) is 0 Å². The Balaban J connectivity index is 1.11. The van der Waals surface area contributed by atoms with E-state index in [0.717, 1.165) is 12.8 Å². The number of hydrogen-bond donors (Lipinski definition) is 3. The molecule has 0 aliphatic carbocycles. The molecule has 12 nitrogen and oxygen atoms in total. The molecule has 2 aliphatic rings. The Morgan fingerprint density at radius 1 is 1.03 bits per heavy atom. The van der Waals surface area contributed by atoms with Gasteiger partial charge in [0.1, 0.15) is 30.2 Å². The topological polar surface area (TPSA) is 166 Å². The summed E-state index contributed by atoms with van der Waals surface area (Å²) in [6.45, 7) is 0.372. The van der Waals surface area contributed by atoms with Crippen LogP contribution in [-0.2, 0) is 9.47 Å². The fraction of sp³-hybridized carbons (Fsp3) is 0.458. The minimum atomic E-state index is -1.04. The summed E-state index contributed by atoms with van der Waals surface area (Å²) in [6.07, 6.45) is 2.52. The molecule has 12 heteroatoms. The number of imidazole rings is 1. The number of amides is 2. The third kappa shape index (κ3) is 4.32. The van der Waals surface area contributed by atoms with E-state index in [1.165, 1.54) is 17.6 Å². The minimum absolute atomic E-state index is 0.231. The lowest BCUT2D eigenvalue weighted by atomic mass is 10.1. The number of carbonyl (C=O) groups is 2. The van der Waals surface area contributed by atoms with Crippen LogP contribution in [0.4, 0.5) is 5.82 Å². The first-order valence-electron chi connectivity index (χ1n) is 12.0. The second-order valence-corrected chi connectivity index (χ2v) is 8.88. The number of aliphatic hydroxyl groups excluding tert-OH is 2. The molecule has 1 aromatic carbocycles. The molecule has 4 heterocycles. The van der Waals surface area contributed by atoms with E-state index >= 15 is 0 Å². The second-order valence-electron chi connectivity index (χ2n) is 8.88. The highest BCUT2D eigenvalue weighted by molar-refractivity contribution is 6.21. The molecule has 1 unspecified atom stereocenters. The number of fused-ring (bicyclic) bond motifs is 2. The number of aromatic nitrogens is 4. The number of nitrogen functional groups attached to an aromatic ring is 1. The third-order valence-electron chi connectivity index (χ3n) is 6.62. The number of anilines is 1. The van der Waals surface area contributed by atoms with E-state index in [1.807, 2.05) is 0 Å². The summed E-state index contributed by atoms with van der Waals surface area (Å²) in [4.78, 5) is 38.6. The predicted molar refractivity (Wildman–Crippen MR) is 127 cm³/mol. The Morgan fingerprint density at radius 2 is 1.75 bits per heavy atom. The lowest BCUT2D eigenvalue weighted by molar-refractivity contribution is -0.0711. The van der Waals surface area contributed by atoms with Crippen molar-refractivity contribution in [2.24, 2.45) is 0 Å². The average Bonchev–Trinajstić information content (AvgIpc) is 3.53. The van der Waals surface area contributed by atoms with E-state index in [2.05, 4.69) is 15.0 Å². The van der Waals surface area contributed by atoms with E-state index in [1.54, 1.807) is 28.8 Å². The molecular weight excluding hydrogens is 468 g/mol. The van der Waals surface area contributed by atoms with E-state index < -0.39 is 24.5 Å². The van der Waals surface area contributed by atoms with E-state index in [-0.39, 0.29) is 24.2 Å². The quantitative estimate of drug-likeness (QED) is 0.271.